The molecule has 0 bridgehead atoms. The van der Waals surface area contributed by atoms with E-state index < -0.39 is 0 Å². The van der Waals surface area contributed by atoms with Crippen LogP contribution >= 0.6 is 11.8 Å². The van der Waals surface area contributed by atoms with Crippen molar-refractivity contribution in [2.24, 2.45) is 0 Å². The van der Waals surface area contributed by atoms with Crippen LogP contribution in [0.2, 0.25) is 0 Å². The van der Waals surface area contributed by atoms with E-state index in [2.05, 4.69) is 32.8 Å². The minimum Gasteiger partial charge on any atom is -0.329 e. The number of hydrogen-bond acceptors (Lipinski definition) is 3. The van der Waals surface area contributed by atoms with Crippen LogP contribution in [0.5, 0.6) is 0 Å². The lowest BCUT2D eigenvalue weighted by atomic mass is 10.0. The molecule has 0 amide bonds. The SMILES string of the molecule is c1ncn(C2CCCSC2)c1C1CCCCN1. The number of hydrogen-bond donors (Lipinski definition) is 1. The maximum absolute atomic E-state index is 4.39. The van der Waals surface area contributed by atoms with E-state index in [-0.39, 0.29) is 0 Å². The molecule has 0 spiro atoms. The molecule has 2 saturated heterocycles. The summed E-state index contributed by atoms with van der Waals surface area (Å²) in [6.45, 7) is 1.16. The van der Waals surface area contributed by atoms with E-state index in [4.69, 9.17) is 0 Å². The van der Waals surface area contributed by atoms with Gasteiger partial charge in [-0.3, -0.25) is 0 Å². The molecule has 0 aliphatic carbocycles. The van der Waals surface area contributed by atoms with E-state index in [1.807, 2.05) is 6.33 Å². The lowest BCUT2D eigenvalue weighted by Crippen LogP contribution is -2.30. The van der Waals surface area contributed by atoms with Crippen molar-refractivity contribution in [3.63, 3.8) is 0 Å². The van der Waals surface area contributed by atoms with Crippen molar-refractivity contribution >= 4 is 11.8 Å². The quantitative estimate of drug-likeness (QED) is 0.876. The average molecular weight is 251 g/mol. The summed E-state index contributed by atoms with van der Waals surface area (Å²) in [5.74, 6) is 2.60. The van der Waals surface area contributed by atoms with E-state index in [0.29, 0.717) is 12.1 Å². The number of thioether (sulfide) groups is 1. The molecule has 1 aromatic heterocycles. The molecule has 0 saturated carbocycles. The van der Waals surface area contributed by atoms with Gasteiger partial charge in [0.05, 0.1) is 12.0 Å². The maximum atomic E-state index is 4.39. The van der Waals surface area contributed by atoms with Crippen LogP contribution in [0.3, 0.4) is 0 Å². The van der Waals surface area contributed by atoms with E-state index >= 15 is 0 Å². The summed E-state index contributed by atoms with van der Waals surface area (Å²) in [4.78, 5) is 4.39. The lowest BCUT2D eigenvalue weighted by molar-refractivity contribution is 0.377. The topological polar surface area (TPSA) is 29.9 Å². The second kappa shape index (κ2) is 5.44. The molecule has 94 valence electrons. The Bertz CT molecular complexity index is 319. The fourth-order valence-corrected chi connectivity index (χ4v) is 4.07. The van der Waals surface area contributed by atoms with Crippen molar-refractivity contribution in [2.75, 3.05) is 18.1 Å². The highest BCUT2D eigenvalue weighted by atomic mass is 32.2. The zero-order valence-electron chi connectivity index (χ0n) is 10.3. The molecule has 3 rings (SSSR count). The van der Waals surface area contributed by atoms with Crippen molar-refractivity contribution in [3.8, 4) is 0 Å². The fourth-order valence-electron chi connectivity index (χ4n) is 2.94. The van der Waals surface area contributed by atoms with Crippen LogP contribution in [0.15, 0.2) is 12.5 Å². The van der Waals surface area contributed by atoms with Gasteiger partial charge in [0.2, 0.25) is 0 Å². The Morgan fingerprint density at radius 3 is 3.06 bits per heavy atom. The predicted molar refractivity (Wildman–Crippen MR) is 72.4 cm³/mol. The van der Waals surface area contributed by atoms with Gasteiger partial charge >= 0.3 is 0 Å². The minimum atomic E-state index is 0.540. The van der Waals surface area contributed by atoms with E-state index in [0.717, 1.165) is 6.54 Å². The van der Waals surface area contributed by atoms with Gasteiger partial charge in [-0.15, -0.1) is 0 Å². The van der Waals surface area contributed by atoms with Crippen molar-refractivity contribution in [3.05, 3.63) is 18.2 Å². The summed E-state index contributed by atoms with van der Waals surface area (Å²) < 4.78 is 2.44. The highest BCUT2D eigenvalue weighted by molar-refractivity contribution is 7.99. The maximum Gasteiger partial charge on any atom is 0.0951 e. The molecule has 1 aromatic rings. The molecule has 2 fully saturated rings. The fraction of sp³-hybridized carbons (Fsp3) is 0.769. The van der Waals surface area contributed by atoms with Gasteiger partial charge in [-0.1, -0.05) is 6.42 Å². The molecule has 4 heteroatoms. The van der Waals surface area contributed by atoms with Crippen LogP contribution in [0.25, 0.3) is 0 Å². The number of imidazole rings is 1. The van der Waals surface area contributed by atoms with Gasteiger partial charge in [-0.2, -0.15) is 11.8 Å². The van der Waals surface area contributed by atoms with Gasteiger partial charge in [0, 0.05) is 24.0 Å². The first-order valence-corrected chi connectivity index (χ1v) is 7.93. The smallest absolute Gasteiger partial charge is 0.0951 e. The summed E-state index contributed by atoms with van der Waals surface area (Å²) in [6, 6.07) is 1.22. The van der Waals surface area contributed by atoms with Gasteiger partial charge in [0.15, 0.2) is 0 Å². The Morgan fingerprint density at radius 2 is 2.29 bits per heavy atom. The molecule has 0 radical (unpaired) electrons. The monoisotopic (exact) mass is 251 g/mol. The first-order chi connectivity index (χ1) is 8.45. The Hall–Kier alpha value is -0.480. The normalized spacial score (nSPS) is 30.4. The van der Waals surface area contributed by atoms with E-state index in [1.54, 1.807) is 0 Å². The number of piperidine rings is 1. The number of rotatable bonds is 2. The third-order valence-corrected chi connectivity index (χ3v) is 5.09. The van der Waals surface area contributed by atoms with Crippen LogP contribution in [-0.4, -0.2) is 27.6 Å². The van der Waals surface area contributed by atoms with Crippen LogP contribution in [0.1, 0.15) is 49.9 Å². The Morgan fingerprint density at radius 1 is 1.29 bits per heavy atom. The minimum absolute atomic E-state index is 0.540. The van der Waals surface area contributed by atoms with Gasteiger partial charge < -0.3 is 9.88 Å². The molecule has 2 aliphatic heterocycles. The molecule has 3 heterocycles. The molecule has 2 aliphatic rings. The molecule has 2 atom stereocenters. The predicted octanol–water partition coefficient (Wildman–Crippen LogP) is 2.77. The first kappa shape index (κ1) is 11.6. The second-order valence-corrected chi connectivity index (χ2v) is 6.25. The third kappa shape index (κ3) is 2.52. The standard InChI is InChI=1S/C13H21N3S/c1-2-6-15-12(5-1)13-8-14-10-16(13)11-4-3-7-17-9-11/h8,10-12,15H,1-7,9H2. The second-order valence-electron chi connectivity index (χ2n) is 5.10. The number of nitrogens with one attached hydrogen (secondary N) is 1. The highest BCUT2D eigenvalue weighted by Gasteiger charge is 2.23. The Balaban J connectivity index is 1.77. The highest BCUT2D eigenvalue weighted by Crippen LogP contribution is 2.31. The largest absolute Gasteiger partial charge is 0.329 e. The van der Waals surface area contributed by atoms with Crippen molar-refractivity contribution in [2.45, 2.75) is 44.2 Å². The van der Waals surface area contributed by atoms with Gasteiger partial charge in [0.1, 0.15) is 0 Å². The number of aromatic nitrogens is 2. The molecule has 3 nitrogen and oxygen atoms in total. The molecule has 2 unspecified atom stereocenters. The molecule has 0 aromatic carbocycles. The van der Waals surface area contributed by atoms with E-state index in [9.17, 15) is 0 Å². The molecule has 17 heavy (non-hydrogen) atoms. The van der Waals surface area contributed by atoms with Crippen LogP contribution < -0.4 is 5.32 Å². The summed E-state index contributed by atoms with van der Waals surface area (Å²) in [7, 11) is 0. The average Bonchev–Trinajstić information content (AvgIpc) is 2.90. The molecular formula is C13H21N3S. The van der Waals surface area contributed by atoms with Crippen molar-refractivity contribution < 1.29 is 0 Å². The molecular weight excluding hydrogens is 230 g/mol. The summed E-state index contributed by atoms with van der Waals surface area (Å²) in [5, 5.41) is 3.63. The zero-order chi connectivity index (χ0) is 11.5. The molecule has 1 N–H and O–H groups in total. The zero-order valence-corrected chi connectivity index (χ0v) is 11.1. The van der Waals surface area contributed by atoms with Crippen molar-refractivity contribution in [1.82, 2.24) is 14.9 Å². The third-order valence-electron chi connectivity index (χ3n) is 3.89. The van der Waals surface area contributed by atoms with Gasteiger partial charge in [-0.05, 0) is 38.0 Å². The summed E-state index contributed by atoms with van der Waals surface area (Å²) >= 11 is 2.09. The van der Waals surface area contributed by atoms with Crippen LogP contribution in [-0.2, 0) is 0 Å². The van der Waals surface area contributed by atoms with Crippen LogP contribution in [0, 0.1) is 0 Å². The number of nitrogens with zero attached hydrogens (tertiary/aromatic N) is 2. The first-order valence-electron chi connectivity index (χ1n) is 6.78. The van der Waals surface area contributed by atoms with Crippen LogP contribution in [0.4, 0.5) is 0 Å². The lowest BCUT2D eigenvalue weighted by Gasteiger charge is -2.29. The van der Waals surface area contributed by atoms with E-state index in [1.165, 1.54) is 49.3 Å². The van der Waals surface area contributed by atoms with Gasteiger partial charge in [0.25, 0.3) is 0 Å². The Labute approximate surface area is 107 Å². The van der Waals surface area contributed by atoms with Gasteiger partial charge in [-0.25, -0.2) is 4.98 Å². The summed E-state index contributed by atoms with van der Waals surface area (Å²) in [5.41, 5.74) is 1.41. The Kier molecular flexibility index (Phi) is 3.71. The van der Waals surface area contributed by atoms with Crippen molar-refractivity contribution in [1.29, 1.82) is 0 Å². The summed E-state index contributed by atoms with van der Waals surface area (Å²) in [6.07, 6.45) is 10.7.